The van der Waals surface area contributed by atoms with Crippen molar-refractivity contribution in [1.29, 1.82) is 0 Å². The molecule has 2 N–H and O–H groups in total. The highest BCUT2D eigenvalue weighted by Crippen LogP contribution is 2.26. The Hall–Kier alpha value is -0.0900. The Morgan fingerprint density at radius 3 is 2.57 bits per heavy atom. The van der Waals surface area contributed by atoms with Crippen molar-refractivity contribution in [3.63, 3.8) is 0 Å². The highest BCUT2D eigenvalue weighted by molar-refractivity contribution is 7.91. The van der Waals surface area contributed by atoms with Gasteiger partial charge in [0.15, 0.2) is 9.84 Å². The molecule has 0 aromatic carbocycles. The lowest BCUT2D eigenvalue weighted by atomic mass is 9.87. The lowest BCUT2D eigenvalue weighted by Crippen LogP contribution is -2.36. The van der Waals surface area contributed by atoms with Gasteiger partial charge in [0.05, 0.1) is 11.5 Å². The summed E-state index contributed by atoms with van der Waals surface area (Å²) in [5, 5.41) is 0. The fourth-order valence-electron chi connectivity index (χ4n) is 2.24. The summed E-state index contributed by atoms with van der Waals surface area (Å²) >= 11 is 0. The van der Waals surface area contributed by atoms with Crippen LogP contribution < -0.4 is 5.73 Å². The van der Waals surface area contributed by atoms with E-state index in [2.05, 4.69) is 13.8 Å². The molecule has 1 saturated heterocycles. The normalized spacial score (nSPS) is 30.1. The third-order valence-electron chi connectivity index (χ3n) is 3.21. The van der Waals surface area contributed by atoms with Crippen LogP contribution in [0.3, 0.4) is 0 Å². The maximum atomic E-state index is 11.3. The molecule has 0 aliphatic carbocycles. The van der Waals surface area contributed by atoms with E-state index in [4.69, 9.17) is 5.73 Å². The second-order valence-electron chi connectivity index (χ2n) is 4.51. The molecule has 0 aromatic rings. The Morgan fingerprint density at radius 2 is 2.14 bits per heavy atom. The number of nitrogens with two attached hydrogens (primary N) is 1. The summed E-state index contributed by atoms with van der Waals surface area (Å²) in [6.45, 7) is 4.26. The molecule has 14 heavy (non-hydrogen) atoms. The SMILES string of the molecule is CCCC(C)C(N)C1CCS(=O)(=O)C1. The smallest absolute Gasteiger partial charge is 0.150 e. The van der Waals surface area contributed by atoms with E-state index in [1.807, 2.05) is 0 Å². The zero-order valence-corrected chi connectivity index (χ0v) is 9.89. The Morgan fingerprint density at radius 1 is 1.50 bits per heavy atom. The van der Waals surface area contributed by atoms with Gasteiger partial charge in [-0.2, -0.15) is 0 Å². The molecule has 0 bridgehead atoms. The summed E-state index contributed by atoms with van der Waals surface area (Å²) in [5.41, 5.74) is 6.07. The molecule has 4 heteroatoms. The first-order valence-corrected chi connectivity index (χ1v) is 7.24. The summed E-state index contributed by atoms with van der Waals surface area (Å²) in [6, 6.07) is 0.0622. The Bertz CT molecular complexity index is 274. The van der Waals surface area contributed by atoms with Crippen molar-refractivity contribution in [2.45, 2.75) is 39.2 Å². The van der Waals surface area contributed by atoms with Gasteiger partial charge in [0.2, 0.25) is 0 Å². The maximum absolute atomic E-state index is 11.3. The summed E-state index contributed by atoms with van der Waals surface area (Å²) < 4.78 is 22.5. The third kappa shape index (κ3) is 2.95. The van der Waals surface area contributed by atoms with E-state index >= 15 is 0 Å². The summed E-state index contributed by atoms with van der Waals surface area (Å²) in [4.78, 5) is 0. The quantitative estimate of drug-likeness (QED) is 0.772. The lowest BCUT2D eigenvalue weighted by Gasteiger charge is -2.24. The first-order valence-electron chi connectivity index (χ1n) is 5.42. The zero-order valence-electron chi connectivity index (χ0n) is 9.07. The minimum atomic E-state index is -2.77. The topological polar surface area (TPSA) is 60.2 Å². The molecule has 1 heterocycles. The minimum absolute atomic E-state index is 0.0622. The molecule has 0 spiro atoms. The number of sulfone groups is 1. The zero-order chi connectivity index (χ0) is 10.8. The molecule has 0 saturated carbocycles. The van der Waals surface area contributed by atoms with E-state index in [0.29, 0.717) is 17.4 Å². The van der Waals surface area contributed by atoms with Crippen molar-refractivity contribution < 1.29 is 8.42 Å². The van der Waals surface area contributed by atoms with Gasteiger partial charge in [0.1, 0.15) is 0 Å². The second kappa shape index (κ2) is 4.62. The summed E-state index contributed by atoms with van der Waals surface area (Å²) in [5.74, 6) is 1.28. The van der Waals surface area contributed by atoms with Crippen molar-refractivity contribution in [1.82, 2.24) is 0 Å². The minimum Gasteiger partial charge on any atom is -0.327 e. The van der Waals surface area contributed by atoms with Crippen molar-refractivity contribution in [3.05, 3.63) is 0 Å². The first kappa shape index (κ1) is 12.0. The molecule has 0 amide bonds. The fourth-order valence-corrected chi connectivity index (χ4v) is 4.11. The van der Waals surface area contributed by atoms with Gasteiger partial charge in [-0.25, -0.2) is 8.42 Å². The van der Waals surface area contributed by atoms with Crippen molar-refractivity contribution in [2.75, 3.05) is 11.5 Å². The molecule has 1 fully saturated rings. The van der Waals surface area contributed by atoms with E-state index in [-0.39, 0.29) is 12.0 Å². The summed E-state index contributed by atoms with van der Waals surface area (Å²) in [6.07, 6.45) is 2.98. The van der Waals surface area contributed by atoms with Crippen LogP contribution in [0.15, 0.2) is 0 Å². The Labute approximate surface area is 87.0 Å². The van der Waals surface area contributed by atoms with Crippen molar-refractivity contribution in [2.24, 2.45) is 17.6 Å². The molecule has 1 aliphatic heterocycles. The highest BCUT2D eigenvalue weighted by Gasteiger charge is 2.33. The predicted octanol–water partition coefficient (Wildman–Crippen LogP) is 1.18. The molecule has 0 aromatic heterocycles. The standard InChI is InChI=1S/C10H21NO2S/c1-3-4-8(2)10(11)9-5-6-14(12,13)7-9/h8-10H,3-7,11H2,1-2H3. The number of rotatable bonds is 4. The van der Waals surface area contributed by atoms with Gasteiger partial charge in [0, 0.05) is 6.04 Å². The van der Waals surface area contributed by atoms with Crippen LogP contribution in [0.4, 0.5) is 0 Å². The fraction of sp³-hybridized carbons (Fsp3) is 1.00. The van der Waals surface area contributed by atoms with Gasteiger partial charge < -0.3 is 5.73 Å². The molecular formula is C10H21NO2S. The molecule has 3 unspecified atom stereocenters. The molecular weight excluding hydrogens is 198 g/mol. The van der Waals surface area contributed by atoms with Gasteiger partial charge in [0.25, 0.3) is 0 Å². The van der Waals surface area contributed by atoms with Crippen LogP contribution in [0.25, 0.3) is 0 Å². The van der Waals surface area contributed by atoms with Gasteiger partial charge in [-0.05, 0) is 24.7 Å². The second-order valence-corrected chi connectivity index (χ2v) is 6.74. The van der Waals surface area contributed by atoms with Crippen LogP contribution >= 0.6 is 0 Å². The van der Waals surface area contributed by atoms with Crippen molar-refractivity contribution >= 4 is 9.84 Å². The van der Waals surface area contributed by atoms with E-state index in [0.717, 1.165) is 19.3 Å². The van der Waals surface area contributed by atoms with Crippen LogP contribution in [-0.2, 0) is 9.84 Å². The molecule has 3 atom stereocenters. The van der Waals surface area contributed by atoms with Crippen LogP contribution in [0.1, 0.15) is 33.1 Å². The highest BCUT2D eigenvalue weighted by atomic mass is 32.2. The van der Waals surface area contributed by atoms with E-state index in [1.165, 1.54) is 0 Å². The average Bonchev–Trinajstić information content (AvgIpc) is 2.45. The molecule has 0 radical (unpaired) electrons. The Balaban J connectivity index is 2.50. The summed E-state index contributed by atoms with van der Waals surface area (Å²) in [7, 11) is -2.77. The predicted molar refractivity (Wildman–Crippen MR) is 58.8 cm³/mol. The molecule has 84 valence electrons. The third-order valence-corrected chi connectivity index (χ3v) is 5.01. The molecule has 3 nitrogen and oxygen atoms in total. The van der Waals surface area contributed by atoms with E-state index in [9.17, 15) is 8.42 Å². The largest absolute Gasteiger partial charge is 0.327 e. The maximum Gasteiger partial charge on any atom is 0.150 e. The van der Waals surface area contributed by atoms with Gasteiger partial charge in [-0.1, -0.05) is 20.3 Å². The number of hydrogen-bond acceptors (Lipinski definition) is 3. The molecule has 1 rings (SSSR count). The van der Waals surface area contributed by atoms with Gasteiger partial charge >= 0.3 is 0 Å². The lowest BCUT2D eigenvalue weighted by molar-refractivity contribution is 0.331. The van der Waals surface area contributed by atoms with Crippen LogP contribution in [0, 0.1) is 11.8 Å². The molecule has 1 aliphatic rings. The number of hydrogen-bond donors (Lipinski definition) is 1. The van der Waals surface area contributed by atoms with Crippen molar-refractivity contribution in [3.8, 4) is 0 Å². The Kier molecular flexibility index (Phi) is 3.95. The van der Waals surface area contributed by atoms with E-state index in [1.54, 1.807) is 0 Å². The van der Waals surface area contributed by atoms with Gasteiger partial charge in [-0.15, -0.1) is 0 Å². The first-order chi connectivity index (χ1) is 6.46. The average molecular weight is 219 g/mol. The van der Waals surface area contributed by atoms with Gasteiger partial charge in [-0.3, -0.25) is 0 Å². The van der Waals surface area contributed by atoms with Crippen LogP contribution in [0.2, 0.25) is 0 Å². The monoisotopic (exact) mass is 219 g/mol. The van der Waals surface area contributed by atoms with E-state index < -0.39 is 9.84 Å². The van der Waals surface area contributed by atoms with Crippen LogP contribution in [-0.4, -0.2) is 26.0 Å². The van der Waals surface area contributed by atoms with Crippen LogP contribution in [0.5, 0.6) is 0 Å².